The van der Waals surface area contributed by atoms with Gasteiger partial charge in [-0.15, -0.1) is 0 Å². The summed E-state index contributed by atoms with van der Waals surface area (Å²) in [5.41, 5.74) is 1.24. The molecule has 1 atom stereocenters. The molecule has 0 spiro atoms. The third-order valence-electron chi connectivity index (χ3n) is 6.03. The van der Waals surface area contributed by atoms with E-state index in [-0.39, 0.29) is 11.8 Å². The normalized spacial score (nSPS) is 19.7. The molecule has 0 radical (unpaired) electrons. The second kappa shape index (κ2) is 11.6. The zero-order valence-corrected chi connectivity index (χ0v) is 19.6. The van der Waals surface area contributed by atoms with Crippen molar-refractivity contribution < 1.29 is 9.53 Å². The van der Waals surface area contributed by atoms with Crippen LogP contribution in [0.3, 0.4) is 0 Å². The molecular weight excluding hydrogens is 422 g/mol. The largest absolute Gasteiger partial charge is 0.379 e. The van der Waals surface area contributed by atoms with Gasteiger partial charge >= 0.3 is 0 Å². The Morgan fingerprint density at radius 2 is 1.94 bits per heavy atom. The predicted octanol–water partition coefficient (Wildman–Crippen LogP) is 2.99. The van der Waals surface area contributed by atoms with Gasteiger partial charge in [0, 0.05) is 50.0 Å². The molecule has 0 aliphatic carbocycles. The van der Waals surface area contributed by atoms with Crippen LogP contribution >= 0.6 is 11.8 Å². The SMILES string of the molecule is Cc1ccc(Sc2nccnc2N2CCC[C@H](C(=O)NCCCN3CCOCC3)C2)cc1. The van der Waals surface area contributed by atoms with Gasteiger partial charge in [-0.3, -0.25) is 9.69 Å². The van der Waals surface area contributed by atoms with E-state index in [1.54, 1.807) is 24.2 Å². The summed E-state index contributed by atoms with van der Waals surface area (Å²) in [6.45, 7) is 9.04. The molecule has 2 aromatic rings. The molecule has 4 rings (SSSR count). The average Bonchev–Trinajstić information content (AvgIpc) is 2.84. The Balaban J connectivity index is 1.30. The van der Waals surface area contributed by atoms with E-state index in [0.717, 1.165) is 80.9 Å². The molecule has 2 saturated heterocycles. The van der Waals surface area contributed by atoms with Crippen LogP contribution in [-0.4, -0.2) is 73.3 Å². The lowest BCUT2D eigenvalue weighted by Crippen LogP contribution is -2.44. The fraction of sp³-hybridized carbons (Fsp3) is 0.542. The molecule has 0 saturated carbocycles. The highest BCUT2D eigenvalue weighted by molar-refractivity contribution is 7.99. The van der Waals surface area contributed by atoms with E-state index < -0.39 is 0 Å². The number of hydrogen-bond donors (Lipinski definition) is 1. The number of nitrogens with zero attached hydrogens (tertiary/aromatic N) is 4. The first-order valence-electron chi connectivity index (χ1n) is 11.6. The quantitative estimate of drug-likeness (QED) is 0.614. The molecule has 1 aromatic carbocycles. The van der Waals surface area contributed by atoms with Gasteiger partial charge in [0.2, 0.25) is 5.91 Å². The molecule has 172 valence electrons. The molecule has 1 amide bonds. The molecule has 3 heterocycles. The van der Waals surface area contributed by atoms with E-state index in [1.807, 2.05) is 0 Å². The standard InChI is InChI=1S/C24H33N5O2S/c1-19-5-7-21(8-6-19)32-24-22(25-10-11-27-24)29-13-2-4-20(18-29)23(30)26-9-3-12-28-14-16-31-17-15-28/h5-8,10-11,20H,2-4,9,12-18H2,1H3,(H,26,30)/t20-/m0/s1. The van der Waals surface area contributed by atoms with Crippen LogP contribution in [0, 0.1) is 12.8 Å². The molecule has 0 unspecified atom stereocenters. The van der Waals surface area contributed by atoms with E-state index >= 15 is 0 Å². The summed E-state index contributed by atoms with van der Waals surface area (Å²) in [6.07, 6.45) is 6.36. The number of anilines is 1. The minimum atomic E-state index is -0.00799. The van der Waals surface area contributed by atoms with Crippen molar-refractivity contribution in [2.24, 2.45) is 5.92 Å². The number of morpholine rings is 1. The summed E-state index contributed by atoms with van der Waals surface area (Å²) >= 11 is 1.63. The van der Waals surface area contributed by atoms with Crippen LogP contribution in [0.5, 0.6) is 0 Å². The number of ether oxygens (including phenoxy) is 1. The predicted molar refractivity (Wildman–Crippen MR) is 127 cm³/mol. The van der Waals surface area contributed by atoms with Gasteiger partial charge in [0.25, 0.3) is 0 Å². The van der Waals surface area contributed by atoms with Crippen LogP contribution in [0.1, 0.15) is 24.8 Å². The topological polar surface area (TPSA) is 70.6 Å². The Labute approximate surface area is 194 Å². The molecule has 2 aliphatic heterocycles. The third-order valence-corrected chi connectivity index (χ3v) is 7.02. The number of piperidine rings is 1. The van der Waals surface area contributed by atoms with Crippen molar-refractivity contribution >= 4 is 23.5 Å². The first kappa shape index (κ1) is 23.0. The van der Waals surface area contributed by atoms with Gasteiger partial charge < -0.3 is 15.0 Å². The van der Waals surface area contributed by atoms with Crippen LogP contribution < -0.4 is 10.2 Å². The Hall–Kier alpha value is -2.16. The van der Waals surface area contributed by atoms with Crippen LogP contribution in [0.2, 0.25) is 0 Å². The van der Waals surface area contributed by atoms with Crippen molar-refractivity contribution in [1.29, 1.82) is 0 Å². The monoisotopic (exact) mass is 455 g/mol. The Morgan fingerprint density at radius 3 is 2.75 bits per heavy atom. The van der Waals surface area contributed by atoms with E-state index in [2.05, 4.69) is 56.3 Å². The number of hydrogen-bond acceptors (Lipinski definition) is 7. The van der Waals surface area contributed by atoms with Crippen LogP contribution in [0.25, 0.3) is 0 Å². The number of aromatic nitrogens is 2. The maximum Gasteiger partial charge on any atom is 0.224 e. The Kier molecular flexibility index (Phi) is 8.36. The highest BCUT2D eigenvalue weighted by Crippen LogP contribution is 2.34. The lowest BCUT2D eigenvalue weighted by atomic mass is 9.97. The van der Waals surface area contributed by atoms with E-state index in [4.69, 9.17) is 4.74 Å². The van der Waals surface area contributed by atoms with Crippen LogP contribution in [0.15, 0.2) is 46.6 Å². The van der Waals surface area contributed by atoms with Gasteiger partial charge in [0.15, 0.2) is 5.82 Å². The maximum absolute atomic E-state index is 12.8. The number of carbonyl (C=O) groups excluding carboxylic acids is 1. The van der Waals surface area contributed by atoms with Crippen LogP contribution in [0.4, 0.5) is 5.82 Å². The summed E-state index contributed by atoms with van der Waals surface area (Å²) in [5, 5.41) is 4.05. The second-order valence-corrected chi connectivity index (χ2v) is 9.55. The zero-order chi connectivity index (χ0) is 22.2. The number of amides is 1. The zero-order valence-electron chi connectivity index (χ0n) is 18.8. The van der Waals surface area contributed by atoms with Gasteiger partial charge in [-0.1, -0.05) is 29.5 Å². The average molecular weight is 456 g/mol. The van der Waals surface area contributed by atoms with Gasteiger partial charge in [0.1, 0.15) is 5.03 Å². The summed E-state index contributed by atoms with van der Waals surface area (Å²) in [4.78, 5) is 27.8. The molecule has 2 aliphatic rings. The number of nitrogens with one attached hydrogen (secondary N) is 1. The van der Waals surface area contributed by atoms with Crippen molar-refractivity contribution in [3.8, 4) is 0 Å². The molecule has 8 heteroatoms. The van der Waals surface area contributed by atoms with Gasteiger partial charge in [-0.2, -0.15) is 0 Å². The summed E-state index contributed by atoms with van der Waals surface area (Å²) in [5.74, 6) is 1.03. The van der Waals surface area contributed by atoms with E-state index in [0.29, 0.717) is 6.54 Å². The highest BCUT2D eigenvalue weighted by atomic mass is 32.2. The first-order chi connectivity index (χ1) is 15.7. The lowest BCUT2D eigenvalue weighted by molar-refractivity contribution is -0.125. The molecule has 1 aromatic heterocycles. The lowest BCUT2D eigenvalue weighted by Gasteiger charge is -2.33. The number of carbonyl (C=O) groups is 1. The maximum atomic E-state index is 12.8. The summed E-state index contributed by atoms with van der Waals surface area (Å²) in [7, 11) is 0. The van der Waals surface area contributed by atoms with Crippen molar-refractivity contribution in [2.45, 2.75) is 36.1 Å². The van der Waals surface area contributed by atoms with E-state index in [1.165, 1.54) is 5.56 Å². The van der Waals surface area contributed by atoms with Crippen molar-refractivity contribution in [1.82, 2.24) is 20.2 Å². The molecule has 7 nitrogen and oxygen atoms in total. The highest BCUT2D eigenvalue weighted by Gasteiger charge is 2.28. The molecule has 32 heavy (non-hydrogen) atoms. The van der Waals surface area contributed by atoms with E-state index in [9.17, 15) is 4.79 Å². The number of aryl methyl sites for hydroxylation is 1. The number of benzene rings is 1. The second-order valence-electron chi connectivity index (χ2n) is 8.48. The summed E-state index contributed by atoms with van der Waals surface area (Å²) < 4.78 is 5.39. The smallest absolute Gasteiger partial charge is 0.224 e. The van der Waals surface area contributed by atoms with Gasteiger partial charge in [-0.25, -0.2) is 9.97 Å². The molecular formula is C24H33N5O2S. The Bertz CT molecular complexity index is 873. The molecule has 1 N–H and O–H groups in total. The van der Waals surface area contributed by atoms with Crippen molar-refractivity contribution in [2.75, 3.05) is 57.4 Å². The van der Waals surface area contributed by atoms with Crippen LogP contribution in [-0.2, 0) is 9.53 Å². The van der Waals surface area contributed by atoms with Gasteiger partial charge in [0.05, 0.1) is 19.1 Å². The molecule has 0 bridgehead atoms. The van der Waals surface area contributed by atoms with Crippen molar-refractivity contribution in [3.63, 3.8) is 0 Å². The summed E-state index contributed by atoms with van der Waals surface area (Å²) in [6, 6.07) is 8.45. The third kappa shape index (κ3) is 6.43. The number of rotatable bonds is 8. The first-order valence-corrected chi connectivity index (χ1v) is 12.4. The fourth-order valence-corrected chi connectivity index (χ4v) is 5.07. The van der Waals surface area contributed by atoms with Crippen molar-refractivity contribution in [3.05, 3.63) is 42.2 Å². The molecule has 2 fully saturated rings. The fourth-order valence-electron chi connectivity index (χ4n) is 4.19. The minimum absolute atomic E-state index is 0.00799. The minimum Gasteiger partial charge on any atom is -0.379 e. The van der Waals surface area contributed by atoms with Gasteiger partial charge in [-0.05, 0) is 44.9 Å². The Morgan fingerprint density at radius 1 is 1.16 bits per heavy atom.